The van der Waals surface area contributed by atoms with Gasteiger partial charge < -0.3 is 14.6 Å². The summed E-state index contributed by atoms with van der Waals surface area (Å²) in [5, 5.41) is 9.16. The summed E-state index contributed by atoms with van der Waals surface area (Å²) in [6, 6.07) is 4.93. The molecule has 0 saturated heterocycles. The number of unbranched alkanes of at least 4 members (excludes halogenated alkanes) is 3. The molecule has 0 bridgehead atoms. The lowest BCUT2D eigenvalue weighted by Crippen LogP contribution is -2.07. The second-order valence-corrected chi connectivity index (χ2v) is 4.28. The van der Waals surface area contributed by atoms with E-state index < -0.39 is 5.97 Å². The lowest BCUT2D eigenvalue weighted by molar-refractivity contribution is 0.0691. The van der Waals surface area contributed by atoms with E-state index in [1.165, 1.54) is 12.5 Å². The normalized spacial score (nSPS) is 10.2. The van der Waals surface area contributed by atoms with E-state index in [2.05, 4.69) is 6.92 Å². The van der Waals surface area contributed by atoms with Gasteiger partial charge >= 0.3 is 5.97 Å². The molecule has 1 rings (SSSR count). The van der Waals surface area contributed by atoms with E-state index in [1.54, 1.807) is 12.1 Å². The van der Waals surface area contributed by atoms with E-state index in [0.29, 0.717) is 24.7 Å². The highest BCUT2D eigenvalue weighted by Crippen LogP contribution is 2.31. The fraction of sp³-hybridized carbons (Fsp3) is 0.533. The Bertz CT molecular complexity index is 401. The fourth-order valence-electron chi connectivity index (χ4n) is 1.81. The maximum Gasteiger partial charge on any atom is 0.339 e. The Morgan fingerprint density at radius 3 is 2.58 bits per heavy atom. The summed E-state index contributed by atoms with van der Waals surface area (Å²) in [6.45, 7) is 5.01. The zero-order valence-electron chi connectivity index (χ0n) is 11.6. The van der Waals surface area contributed by atoms with Gasteiger partial charge in [0.05, 0.1) is 13.2 Å². The molecule has 0 fully saturated rings. The second-order valence-electron chi connectivity index (χ2n) is 4.28. The largest absolute Gasteiger partial charge is 0.490 e. The highest BCUT2D eigenvalue weighted by atomic mass is 16.5. The Morgan fingerprint density at radius 2 is 1.95 bits per heavy atom. The molecule has 19 heavy (non-hydrogen) atoms. The molecule has 0 aromatic heterocycles. The van der Waals surface area contributed by atoms with Gasteiger partial charge in [-0.25, -0.2) is 4.79 Å². The lowest BCUT2D eigenvalue weighted by atomic mass is 10.2. The van der Waals surface area contributed by atoms with Gasteiger partial charge in [0.15, 0.2) is 11.5 Å². The zero-order valence-corrected chi connectivity index (χ0v) is 11.6. The number of benzene rings is 1. The summed E-state index contributed by atoms with van der Waals surface area (Å²) in [4.78, 5) is 11.2. The van der Waals surface area contributed by atoms with E-state index in [0.717, 1.165) is 19.3 Å². The van der Waals surface area contributed by atoms with Crippen molar-refractivity contribution in [1.82, 2.24) is 0 Å². The summed E-state index contributed by atoms with van der Waals surface area (Å²) in [5.41, 5.74) is 0.154. The average Bonchev–Trinajstić information content (AvgIpc) is 2.40. The lowest BCUT2D eigenvalue weighted by Gasteiger charge is -2.14. The number of carboxylic acid groups (broad SMARTS) is 1. The first kappa shape index (κ1) is 15.3. The molecule has 1 aromatic rings. The smallest absolute Gasteiger partial charge is 0.339 e. The maximum atomic E-state index is 11.2. The van der Waals surface area contributed by atoms with Crippen LogP contribution in [-0.2, 0) is 0 Å². The first-order valence-electron chi connectivity index (χ1n) is 6.82. The van der Waals surface area contributed by atoms with Gasteiger partial charge in [0.2, 0.25) is 0 Å². The van der Waals surface area contributed by atoms with Crippen LogP contribution in [0.25, 0.3) is 0 Å². The Balaban J connectivity index is 2.73. The second kappa shape index (κ2) is 8.40. The molecule has 0 atom stereocenters. The highest BCUT2D eigenvalue weighted by Gasteiger charge is 2.16. The van der Waals surface area contributed by atoms with E-state index >= 15 is 0 Å². The first-order chi connectivity index (χ1) is 9.20. The van der Waals surface area contributed by atoms with Gasteiger partial charge in [-0.1, -0.05) is 32.3 Å². The van der Waals surface area contributed by atoms with Crippen LogP contribution in [0.1, 0.15) is 49.9 Å². The standard InChI is InChI=1S/C15H22O4/c1-3-5-6-7-11-19-14-12(15(16)17)9-8-10-13(14)18-4-2/h8-10H,3-7,11H2,1-2H3,(H,16,17). The molecule has 4 heteroatoms. The highest BCUT2D eigenvalue weighted by molar-refractivity contribution is 5.92. The molecule has 0 amide bonds. The van der Waals surface area contributed by atoms with Crippen molar-refractivity contribution in [2.45, 2.75) is 39.5 Å². The first-order valence-corrected chi connectivity index (χ1v) is 6.82. The van der Waals surface area contributed by atoms with Gasteiger partial charge in [0, 0.05) is 0 Å². The van der Waals surface area contributed by atoms with Crippen molar-refractivity contribution in [3.63, 3.8) is 0 Å². The number of carbonyl (C=O) groups is 1. The fourth-order valence-corrected chi connectivity index (χ4v) is 1.81. The van der Waals surface area contributed by atoms with Crippen molar-refractivity contribution in [1.29, 1.82) is 0 Å². The van der Waals surface area contributed by atoms with Crippen LogP contribution in [0.3, 0.4) is 0 Å². The molecule has 1 aromatic carbocycles. The monoisotopic (exact) mass is 266 g/mol. The number of carboxylic acids is 1. The Morgan fingerprint density at radius 1 is 1.16 bits per heavy atom. The van der Waals surface area contributed by atoms with Crippen molar-refractivity contribution in [3.05, 3.63) is 23.8 Å². The molecule has 1 N–H and O–H groups in total. The van der Waals surface area contributed by atoms with Gasteiger partial charge in [-0.15, -0.1) is 0 Å². The molecule has 0 saturated carbocycles. The average molecular weight is 266 g/mol. The summed E-state index contributed by atoms with van der Waals surface area (Å²) >= 11 is 0. The van der Waals surface area contributed by atoms with Crippen LogP contribution < -0.4 is 9.47 Å². The van der Waals surface area contributed by atoms with E-state index in [4.69, 9.17) is 14.6 Å². The number of rotatable bonds is 9. The molecular weight excluding hydrogens is 244 g/mol. The molecule has 0 heterocycles. The minimum Gasteiger partial charge on any atom is -0.490 e. The van der Waals surface area contributed by atoms with Crippen molar-refractivity contribution in [3.8, 4) is 11.5 Å². The third kappa shape index (κ3) is 4.81. The van der Waals surface area contributed by atoms with Crippen molar-refractivity contribution in [2.75, 3.05) is 13.2 Å². The molecule has 0 unspecified atom stereocenters. The van der Waals surface area contributed by atoms with Crippen LogP contribution in [0, 0.1) is 0 Å². The van der Waals surface area contributed by atoms with Crippen LogP contribution >= 0.6 is 0 Å². The molecule has 0 aliphatic rings. The molecule has 0 radical (unpaired) electrons. The van der Waals surface area contributed by atoms with Crippen molar-refractivity contribution in [2.24, 2.45) is 0 Å². The summed E-state index contributed by atoms with van der Waals surface area (Å²) in [6.07, 6.45) is 4.35. The van der Waals surface area contributed by atoms with E-state index in [9.17, 15) is 4.79 Å². The quantitative estimate of drug-likeness (QED) is 0.692. The maximum absolute atomic E-state index is 11.2. The third-order valence-corrected chi connectivity index (χ3v) is 2.75. The minimum absolute atomic E-state index is 0.154. The van der Waals surface area contributed by atoms with E-state index in [-0.39, 0.29) is 5.56 Å². The van der Waals surface area contributed by atoms with Gasteiger partial charge in [-0.3, -0.25) is 0 Å². The Labute approximate surface area is 114 Å². The Kier molecular flexibility index (Phi) is 6.79. The number of hydrogen-bond acceptors (Lipinski definition) is 3. The predicted molar refractivity (Wildman–Crippen MR) is 74.2 cm³/mol. The van der Waals surface area contributed by atoms with Crippen LogP contribution in [0.5, 0.6) is 11.5 Å². The van der Waals surface area contributed by atoms with Gasteiger partial charge in [-0.05, 0) is 25.5 Å². The van der Waals surface area contributed by atoms with Crippen LogP contribution in [0.4, 0.5) is 0 Å². The molecule has 0 aliphatic carbocycles. The summed E-state index contributed by atoms with van der Waals surface area (Å²) in [7, 11) is 0. The summed E-state index contributed by atoms with van der Waals surface area (Å²) in [5.74, 6) is -0.156. The number of aromatic carboxylic acids is 1. The van der Waals surface area contributed by atoms with Crippen LogP contribution in [-0.4, -0.2) is 24.3 Å². The molecule has 4 nitrogen and oxygen atoms in total. The van der Waals surface area contributed by atoms with Gasteiger partial charge in [0.1, 0.15) is 5.56 Å². The number of para-hydroxylation sites is 1. The Hall–Kier alpha value is -1.71. The van der Waals surface area contributed by atoms with Crippen molar-refractivity contribution < 1.29 is 19.4 Å². The predicted octanol–water partition coefficient (Wildman–Crippen LogP) is 3.74. The molecule has 0 aliphatic heterocycles. The van der Waals surface area contributed by atoms with E-state index in [1.807, 2.05) is 6.92 Å². The molecule has 106 valence electrons. The molecular formula is C15H22O4. The third-order valence-electron chi connectivity index (χ3n) is 2.75. The number of hydrogen-bond donors (Lipinski definition) is 1. The van der Waals surface area contributed by atoms with Crippen LogP contribution in [0.15, 0.2) is 18.2 Å². The summed E-state index contributed by atoms with van der Waals surface area (Å²) < 4.78 is 11.0. The van der Waals surface area contributed by atoms with Gasteiger partial charge in [0.25, 0.3) is 0 Å². The zero-order chi connectivity index (χ0) is 14.1. The van der Waals surface area contributed by atoms with Crippen molar-refractivity contribution >= 4 is 5.97 Å². The topological polar surface area (TPSA) is 55.8 Å². The van der Waals surface area contributed by atoms with Crippen LogP contribution in [0.2, 0.25) is 0 Å². The molecule has 0 spiro atoms. The minimum atomic E-state index is -0.995. The SMILES string of the molecule is CCCCCCOc1c(OCC)cccc1C(=O)O. The number of ether oxygens (including phenoxy) is 2. The van der Waals surface area contributed by atoms with Gasteiger partial charge in [-0.2, -0.15) is 0 Å².